The fraction of sp³-hybridized carbons (Fsp3) is 0.571. The highest BCUT2D eigenvalue weighted by Crippen LogP contribution is 1.86. The zero-order valence-electron chi connectivity index (χ0n) is 6.52. The van der Waals surface area contributed by atoms with Gasteiger partial charge in [-0.3, -0.25) is 4.79 Å². The third-order valence-electron chi connectivity index (χ3n) is 0.859. The summed E-state index contributed by atoms with van der Waals surface area (Å²) in [6.45, 7) is 6.95. The summed E-state index contributed by atoms with van der Waals surface area (Å²) in [6, 6.07) is 0. The van der Waals surface area contributed by atoms with Gasteiger partial charge < -0.3 is 10.1 Å². The maximum atomic E-state index is 10.1. The lowest BCUT2D eigenvalue weighted by molar-refractivity contribution is 0.159. The Kier molecular flexibility index (Phi) is 5.88. The Morgan fingerprint density at radius 1 is 1.73 bits per heavy atom. The van der Waals surface area contributed by atoms with Crippen LogP contribution in [0.25, 0.3) is 0 Å². The molecule has 4 heteroatoms. The normalized spacial score (nSPS) is 9.27. The summed E-state index contributed by atoms with van der Waals surface area (Å²) in [6.07, 6.45) is 0. The molecule has 11 heavy (non-hydrogen) atoms. The van der Waals surface area contributed by atoms with Crippen molar-refractivity contribution in [3.8, 4) is 0 Å². The third-order valence-corrected chi connectivity index (χ3v) is 0.992. The van der Waals surface area contributed by atoms with Crippen molar-refractivity contribution in [3.63, 3.8) is 0 Å². The lowest BCUT2D eigenvalue weighted by atomic mass is 10.4. The first-order valence-corrected chi connectivity index (χ1v) is 3.66. The van der Waals surface area contributed by atoms with Gasteiger partial charge in [0.25, 0.3) is 0 Å². The van der Waals surface area contributed by atoms with Crippen molar-refractivity contribution in [2.24, 2.45) is 0 Å². The monoisotopic (exact) mass is 177 g/mol. The second-order valence-electron chi connectivity index (χ2n) is 2.21. The van der Waals surface area contributed by atoms with Gasteiger partial charge in [-0.15, -0.1) is 0 Å². The quantitative estimate of drug-likeness (QED) is 0.299. The van der Waals surface area contributed by atoms with Gasteiger partial charge in [0.15, 0.2) is 0 Å². The molecule has 0 fully saturated rings. The van der Waals surface area contributed by atoms with E-state index in [1.807, 2.05) is 6.92 Å². The predicted octanol–water partition coefficient (Wildman–Crippen LogP) is 1.53. The molecule has 0 atom stereocenters. The topological polar surface area (TPSA) is 38.3 Å². The molecule has 0 aliphatic rings. The van der Waals surface area contributed by atoms with E-state index in [1.54, 1.807) is 0 Å². The fourth-order valence-electron chi connectivity index (χ4n) is 0.468. The molecule has 0 rings (SSSR count). The molecule has 0 aliphatic carbocycles. The van der Waals surface area contributed by atoms with Gasteiger partial charge in [-0.25, -0.2) is 0 Å². The van der Waals surface area contributed by atoms with Gasteiger partial charge in [0, 0.05) is 6.54 Å². The van der Waals surface area contributed by atoms with Crippen LogP contribution in [0.15, 0.2) is 12.2 Å². The number of ether oxygens (including phenoxy) is 1. The molecule has 0 aromatic carbocycles. The molecule has 0 saturated heterocycles. The highest BCUT2D eigenvalue weighted by atomic mass is 35.5. The summed E-state index contributed by atoms with van der Waals surface area (Å²) in [5.74, 6) is 0. The standard InChI is InChI=1S/C7H12ClNO2/c1-6(2)5-11-4-3-9-7(8)10/h1,3-5H2,2H3,(H,9,10). The minimum Gasteiger partial charge on any atom is -0.375 e. The van der Waals surface area contributed by atoms with Crippen molar-refractivity contribution >= 4 is 17.0 Å². The lowest BCUT2D eigenvalue weighted by Gasteiger charge is -2.02. The van der Waals surface area contributed by atoms with E-state index < -0.39 is 5.37 Å². The van der Waals surface area contributed by atoms with Crippen LogP contribution in [-0.2, 0) is 4.74 Å². The first kappa shape index (κ1) is 10.5. The van der Waals surface area contributed by atoms with E-state index in [2.05, 4.69) is 11.9 Å². The minimum absolute atomic E-state index is 0.440. The van der Waals surface area contributed by atoms with Crippen molar-refractivity contribution in [2.45, 2.75) is 6.92 Å². The number of amides is 1. The first-order chi connectivity index (χ1) is 5.13. The molecule has 1 N–H and O–H groups in total. The Hall–Kier alpha value is -0.540. The Labute approximate surface area is 71.4 Å². The summed E-state index contributed by atoms with van der Waals surface area (Å²) < 4.78 is 5.07. The summed E-state index contributed by atoms with van der Waals surface area (Å²) in [5, 5.41) is 1.84. The molecule has 0 radical (unpaired) electrons. The first-order valence-electron chi connectivity index (χ1n) is 3.28. The van der Waals surface area contributed by atoms with E-state index >= 15 is 0 Å². The number of carbonyl (C=O) groups excluding carboxylic acids is 1. The fourth-order valence-corrected chi connectivity index (χ4v) is 0.562. The number of carbonyl (C=O) groups is 1. The molecular weight excluding hydrogens is 166 g/mol. The predicted molar refractivity (Wildman–Crippen MR) is 44.9 cm³/mol. The zero-order chi connectivity index (χ0) is 8.69. The largest absolute Gasteiger partial charge is 0.375 e. The molecule has 3 nitrogen and oxygen atoms in total. The van der Waals surface area contributed by atoms with Crippen LogP contribution in [-0.4, -0.2) is 25.1 Å². The van der Waals surface area contributed by atoms with Gasteiger partial charge in [0.05, 0.1) is 13.2 Å². The summed E-state index contributed by atoms with van der Waals surface area (Å²) in [5.41, 5.74) is 0.960. The van der Waals surface area contributed by atoms with Crippen LogP contribution >= 0.6 is 11.6 Å². The maximum absolute atomic E-state index is 10.1. The molecule has 0 spiro atoms. The molecule has 0 bridgehead atoms. The Bertz CT molecular complexity index is 131. The van der Waals surface area contributed by atoms with E-state index in [1.165, 1.54) is 0 Å². The molecule has 0 aliphatic heterocycles. The number of hydrogen-bond acceptors (Lipinski definition) is 2. The minimum atomic E-state index is -0.552. The van der Waals surface area contributed by atoms with Gasteiger partial charge in [0.1, 0.15) is 0 Å². The molecule has 64 valence electrons. The van der Waals surface area contributed by atoms with Crippen LogP contribution in [0.4, 0.5) is 4.79 Å². The number of hydrogen-bond donors (Lipinski definition) is 1. The summed E-state index contributed by atoms with van der Waals surface area (Å²) in [4.78, 5) is 10.1. The van der Waals surface area contributed by atoms with E-state index in [4.69, 9.17) is 16.3 Å². The number of nitrogens with one attached hydrogen (secondary N) is 1. The number of rotatable bonds is 5. The van der Waals surface area contributed by atoms with Crippen LogP contribution < -0.4 is 5.32 Å². The van der Waals surface area contributed by atoms with E-state index in [0.29, 0.717) is 19.8 Å². The van der Waals surface area contributed by atoms with Crippen LogP contribution in [0.5, 0.6) is 0 Å². The summed E-state index contributed by atoms with van der Waals surface area (Å²) in [7, 11) is 0. The van der Waals surface area contributed by atoms with Gasteiger partial charge >= 0.3 is 5.37 Å². The average molecular weight is 178 g/mol. The highest BCUT2D eigenvalue weighted by Gasteiger charge is 1.92. The Morgan fingerprint density at radius 3 is 2.82 bits per heavy atom. The third kappa shape index (κ3) is 9.46. The summed E-state index contributed by atoms with van der Waals surface area (Å²) >= 11 is 5.00. The molecule has 0 heterocycles. The Balaban J connectivity index is 3.03. The van der Waals surface area contributed by atoms with Crippen LogP contribution in [0, 0.1) is 0 Å². The second-order valence-corrected chi connectivity index (χ2v) is 2.55. The molecular formula is C7H12ClNO2. The van der Waals surface area contributed by atoms with E-state index in [9.17, 15) is 4.79 Å². The van der Waals surface area contributed by atoms with Crippen molar-refractivity contribution in [3.05, 3.63) is 12.2 Å². The van der Waals surface area contributed by atoms with Crippen molar-refractivity contribution in [1.82, 2.24) is 5.32 Å². The number of halogens is 1. The smallest absolute Gasteiger partial charge is 0.313 e. The van der Waals surface area contributed by atoms with Crippen molar-refractivity contribution in [2.75, 3.05) is 19.8 Å². The van der Waals surface area contributed by atoms with Gasteiger partial charge in [-0.1, -0.05) is 12.2 Å². The van der Waals surface area contributed by atoms with Crippen molar-refractivity contribution in [1.29, 1.82) is 0 Å². The zero-order valence-corrected chi connectivity index (χ0v) is 7.28. The van der Waals surface area contributed by atoms with E-state index in [0.717, 1.165) is 5.57 Å². The molecule has 1 amide bonds. The van der Waals surface area contributed by atoms with Gasteiger partial charge in [0.2, 0.25) is 0 Å². The molecule has 0 saturated carbocycles. The lowest BCUT2D eigenvalue weighted by Crippen LogP contribution is -2.21. The Morgan fingerprint density at radius 2 is 2.36 bits per heavy atom. The molecule has 0 aromatic rings. The van der Waals surface area contributed by atoms with Crippen LogP contribution in [0.2, 0.25) is 0 Å². The maximum Gasteiger partial charge on any atom is 0.313 e. The average Bonchev–Trinajstić information content (AvgIpc) is 1.85. The SMILES string of the molecule is C=C(C)COCCNC(=O)Cl. The van der Waals surface area contributed by atoms with Gasteiger partial charge in [-0.2, -0.15) is 0 Å². The van der Waals surface area contributed by atoms with Crippen molar-refractivity contribution < 1.29 is 9.53 Å². The van der Waals surface area contributed by atoms with Crippen LogP contribution in [0.3, 0.4) is 0 Å². The van der Waals surface area contributed by atoms with Crippen LogP contribution in [0.1, 0.15) is 6.92 Å². The molecule has 0 unspecified atom stereocenters. The molecule has 0 aromatic heterocycles. The second kappa shape index (κ2) is 6.19. The van der Waals surface area contributed by atoms with Gasteiger partial charge in [-0.05, 0) is 18.5 Å². The highest BCUT2D eigenvalue weighted by molar-refractivity contribution is 6.62. The van der Waals surface area contributed by atoms with E-state index in [-0.39, 0.29) is 0 Å².